The van der Waals surface area contributed by atoms with Crippen LogP contribution < -0.4 is 5.32 Å². The SMILES string of the molecule is N#C[C@@H]1CC[C@@H](NCC(=O)N2CCC[C@H]2C#N)C1. The third-order valence-electron chi connectivity index (χ3n) is 3.88. The number of hydrogen-bond acceptors (Lipinski definition) is 4. The van der Waals surface area contributed by atoms with Crippen LogP contribution in [0.2, 0.25) is 0 Å². The minimum absolute atomic E-state index is 0.0134. The number of carbonyl (C=O) groups is 1. The summed E-state index contributed by atoms with van der Waals surface area (Å²) in [6.07, 6.45) is 4.44. The lowest BCUT2D eigenvalue weighted by Gasteiger charge is -2.21. The Balaban J connectivity index is 1.76. The van der Waals surface area contributed by atoms with E-state index in [1.54, 1.807) is 4.90 Å². The molecule has 5 nitrogen and oxygen atoms in total. The average molecular weight is 246 g/mol. The number of carbonyl (C=O) groups excluding carboxylic acids is 1. The van der Waals surface area contributed by atoms with Crippen LogP contribution in [-0.2, 0) is 4.79 Å². The minimum atomic E-state index is -0.241. The molecule has 18 heavy (non-hydrogen) atoms. The Hall–Kier alpha value is -1.59. The minimum Gasteiger partial charge on any atom is -0.326 e. The van der Waals surface area contributed by atoms with Crippen molar-refractivity contribution in [3.05, 3.63) is 0 Å². The van der Waals surface area contributed by atoms with E-state index < -0.39 is 0 Å². The molecule has 1 heterocycles. The molecular weight excluding hydrogens is 228 g/mol. The molecule has 1 aliphatic carbocycles. The number of rotatable bonds is 3. The lowest BCUT2D eigenvalue weighted by atomic mass is 10.1. The maximum atomic E-state index is 12.0. The van der Waals surface area contributed by atoms with Gasteiger partial charge < -0.3 is 10.2 Å². The van der Waals surface area contributed by atoms with Gasteiger partial charge in [-0.1, -0.05) is 0 Å². The van der Waals surface area contributed by atoms with E-state index in [4.69, 9.17) is 10.5 Å². The zero-order valence-electron chi connectivity index (χ0n) is 10.4. The van der Waals surface area contributed by atoms with E-state index in [9.17, 15) is 4.79 Å². The van der Waals surface area contributed by atoms with Crippen molar-refractivity contribution in [1.29, 1.82) is 10.5 Å². The summed E-state index contributed by atoms with van der Waals surface area (Å²) in [5, 5.41) is 21.0. The van der Waals surface area contributed by atoms with Crippen molar-refractivity contribution in [2.45, 2.75) is 44.2 Å². The van der Waals surface area contributed by atoms with Gasteiger partial charge in [0.25, 0.3) is 0 Å². The van der Waals surface area contributed by atoms with Gasteiger partial charge in [0.2, 0.25) is 5.91 Å². The lowest BCUT2D eigenvalue weighted by molar-refractivity contribution is -0.130. The van der Waals surface area contributed by atoms with Crippen molar-refractivity contribution in [2.24, 2.45) is 5.92 Å². The maximum absolute atomic E-state index is 12.0. The summed E-state index contributed by atoms with van der Waals surface area (Å²) < 4.78 is 0. The highest BCUT2D eigenvalue weighted by Crippen LogP contribution is 2.24. The van der Waals surface area contributed by atoms with Crippen LogP contribution >= 0.6 is 0 Å². The fourth-order valence-corrected chi connectivity index (χ4v) is 2.82. The Morgan fingerprint density at radius 3 is 2.78 bits per heavy atom. The molecule has 1 amide bonds. The zero-order chi connectivity index (χ0) is 13.0. The fourth-order valence-electron chi connectivity index (χ4n) is 2.82. The second kappa shape index (κ2) is 5.84. The molecule has 0 aromatic carbocycles. The summed E-state index contributed by atoms with van der Waals surface area (Å²) in [6, 6.07) is 4.49. The van der Waals surface area contributed by atoms with Gasteiger partial charge in [0.15, 0.2) is 0 Å². The highest BCUT2D eigenvalue weighted by Gasteiger charge is 2.29. The summed E-state index contributed by atoms with van der Waals surface area (Å²) in [4.78, 5) is 13.6. The predicted octanol–water partition coefficient (Wildman–Crippen LogP) is 0.783. The van der Waals surface area contributed by atoms with Crippen LogP contribution in [0.3, 0.4) is 0 Å². The van der Waals surface area contributed by atoms with E-state index in [0.717, 1.165) is 32.1 Å². The number of nitrogens with zero attached hydrogens (tertiary/aromatic N) is 3. The van der Waals surface area contributed by atoms with Gasteiger partial charge >= 0.3 is 0 Å². The van der Waals surface area contributed by atoms with Crippen LogP contribution in [0.5, 0.6) is 0 Å². The number of nitrogens with one attached hydrogen (secondary N) is 1. The van der Waals surface area contributed by atoms with Crippen molar-refractivity contribution in [2.75, 3.05) is 13.1 Å². The molecule has 1 aliphatic heterocycles. The van der Waals surface area contributed by atoms with Gasteiger partial charge in [-0.3, -0.25) is 4.79 Å². The molecule has 2 aliphatic rings. The zero-order valence-corrected chi connectivity index (χ0v) is 10.4. The first-order chi connectivity index (χ1) is 8.74. The van der Waals surface area contributed by atoms with Gasteiger partial charge in [0, 0.05) is 18.5 Å². The highest BCUT2D eigenvalue weighted by molar-refractivity contribution is 5.79. The van der Waals surface area contributed by atoms with Crippen molar-refractivity contribution in [1.82, 2.24) is 10.2 Å². The van der Waals surface area contributed by atoms with E-state index >= 15 is 0 Å². The molecule has 0 aromatic heterocycles. The summed E-state index contributed by atoms with van der Waals surface area (Å²) in [5.41, 5.74) is 0. The predicted molar refractivity (Wildman–Crippen MR) is 65.1 cm³/mol. The molecule has 1 saturated heterocycles. The van der Waals surface area contributed by atoms with Crippen molar-refractivity contribution < 1.29 is 4.79 Å². The quantitative estimate of drug-likeness (QED) is 0.798. The summed E-state index contributed by atoms with van der Waals surface area (Å²) in [6.45, 7) is 0.991. The summed E-state index contributed by atoms with van der Waals surface area (Å²) >= 11 is 0. The second-order valence-corrected chi connectivity index (χ2v) is 5.09. The first kappa shape index (κ1) is 12.9. The monoisotopic (exact) mass is 246 g/mol. The van der Waals surface area contributed by atoms with E-state index in [-0.39, 0.29) is 23.9 Å². The van der Waals surface area contributed by atoms with Crippen molar-refractivity contribution in [3.63, 3.8) is 0 Å². The third kappa shape index (κ3) is 2.80. The highest BCUT2D eigenvalue weighted by atomic mass is 16.2. The molecule has 0 radical (unpaired) electrons. The molecule has 0 unspecified atom stereocenters. The molecule has 2 rings (SSSR count). The molecule has 0 spiro atoms. The Morgan fingerprint density at radius 2 is 2.11 bits per heavy atom. The van der Waals surface area contributed by atoms with E-state index in [1.165, 1.54) is 0 Å². The number of hydrogen-bond donors (Lipinski definition) is 1. The Bertz CT molecular complexity index is 395. The Kier molecular flexibility index (Phi) is 4.17. The molecule has 2 fully saturated rings. The molecule has 1 saturated carbocycles. The van der Waals surface area contributed by atoms with Crippen LogP contribution in [0.4, 0.5) is 0 Å². The second-order valence-electron chi connectivity index (χ2n) is 5.09. The maximum Gasteiger partial charge on any atom is 0.237 e. The van der Waals surface area contributed by atoms with Gasteiger partial charge in [0.1, 0.15) is 6.04 Å². The summed E-state index contributed by atoms with van der Waals surface area (Å²) in [7, 11) is 0. The first-order valence-electron chi connectivity index (χ1n) is 6.56. The standard InChI is InChI=1S/C13H18N4O/c14-7-10-3-4-11(6-10)16-9-13(18)17-5-1-2-12(17)8-15/h10-12,16H,1-6,9H2/t10-,11-,12+/m1/s1. The molecular formula is C13H18N4O. The molecule has 0 bridgehead atoms. The van der Waals surface area contributed by atoms with E-state index in [1.807, 2.05) is 0 Å². The number of nitriles is 2. The van der Waals surface area contributed by atoms with Gasteiger partial charge in [-0.15, -0.1) is 0 Å². The molecule has 0 aromatic rings. The normalized spacial score (nSPS) is 31.0. The Morgan fingerprint density at radius 1 is 1.28 bits per heavy atom. The van der Waals surface area contributed by atoms with Crippen molar-refractivity contribution in [3.8, 4) is 12.1 Å². The fraction of sp³-hybridized carbons (Fsp3) is 0.769. The van der Waals surface area contributed by atoms with Crippen LogP contribution in [0.1, 0.15) is 32.1 Å². The number of likely N-dealkylation sites (tertiary alicyclic amines) is 1. The summed E-state index contributed by atoms with van der Waals surface area (Å²) in [5.74, 6) is 0.149. The van der Waals surface area contributed by atoms with Gasteiger partial charge in [-0.25, -0.2) is 0 Å². The van der Waals surface area contributed by atoms with E-state index in [0.29, 0.717) is 13.1 Å². The molecule has 96 valence electrons. The average Bonchev–Trinajstić information content (AvgIpc) is 3.04. The van der Waals surface area contributed by atoms with Crippen molar-refractivity contribution >= 4 is 5.91 Å². The van der Waals surface area contributed by atoms with Crippen LogP contribution in [-0.4, -0.2) is 36.0 Å². The number of amides is 1. The van der Waals surface area contributed by atoms with Gasteiger partial charge in [-0.05, 0) is 32.1 Å². The van der Waals surface area contributed by atoms with Crippen LogP contribution in [0.15, 0.2) is 0 Å². The van der Waals surface area contributed by atoms with Crippen LogP contribution in [0.25, 0.3) is 0 Å². The van der Waals surface area contributed by atoms with Gasteiger partial charge in [0.05, 0.1) is 18.7 Å². The van der Waals surface area contributed by atoms with Gasteiger partial charge in [-0.2, -0.15) is 10.5 Å². The molecule has 3 atom stereocenters. The third-order valence-corrected chi connectivity index (χ3v) is 3.88. The van der Waals surface area contributed by atoms with Crippen LogP contribution in [0, 0.1) is 28.6 Å². The Labute approximate surface area is 107 Å². The topological polar surface area (TPSA) is 79.9 Å². The molecule has 5 heteroatoms. The largest absolute Gasteiger partial charge is 0.326 e. The lowest BCUT2D eigenvalue weighted by Crippen LogP contribution is -2.42. The van der Waals surface area contributed by atoms with E-state index in [2.05, 4.69) is 17.5 Å². The first-order valence-corrected chi connectivity index (χ1v) is 6.56. The molecule has 1 N–H and O–H groups in total. The smallest absolute Gasteiger partial charge is 0.237 e.